The summed E-state index contributed by atoms with van der Waals surface area (Å²) in [5.74, 6) is 1.66. The van der Waals surface area contributed by atoms with Gasteiger partial charge < -0.3 is 0 Å². The number of aromatic nitrogens is 3. The minimum Gasteiger partial charge on any atom is -0.258 e. The standard InChI is InChI=1S/C13H14N4O2/c1-9-3-2-4-12-14-13(15-16(9)12)10-5-7-11(8-6-10)17(18)19/h5-9H,2-4H2,1H3. The largest absolute Gasteiger partial charge is 0.269 e. The maximum atomic E-state index is 10.6. The quantitative estimate of drug-likeness (QED) is 0.613. The third-order valence-corrected chi connectivity index (χ3v) is 3.48. The lowest BCUT2D eigenvalue weighted by Crippen LogP contribution is -2.16. The maximum Gasteiger partial charge on any atom is 0.269 e. The Morgan fingerprint density at radius 2 is 2.11 bits per heavy atom. The van der Waals surface area contributed by atoms with Crippen molar-refractivity contribution in [3.05, 3.63) is 40.2 Å². The van der Waals surface area contributed by atoms with Crippen LogP contribution in [0.25, 0.3) is 11.4 Å². The molecule has 0 amide bonds. The van der Waals surface area contributed by atoms with Gasteiger partial charge in [0.05, 0.1) is 11.0 Å². The molecule has 6 heteroatoms. The van der Waals surface area contributed by atoms with E-state index in [1.807, 2.05) is 4.68 Å². The summed E-state index contributed by atoms with van der Waals surface area (Å²) < 4.78 is 1.97. The third kappa shape index (κ3) is 2.09. The van der Waals surface area contributed by atoms with Crippen molar-refractivity contribution in [1.29, 1.82) is 0 Å². The first-order valence-electron chi connectivity index (χ1n) is 6.35. The van der Waals surface area contributed by atoms with Crippen LogP contribution in [0, 0.1) is 10.1 Å². The number of aryl methyl sites for hydroxylation is 1. The Balaban J connectivity index is 1.96. The van der Waals surface area contributed by atoms with E-state index < -0.39 is 4.92 Å². The Hall–Kier alpha value is -2.24. The second-order valence-electron chi connectivity index (χ2n) is 4.84. The van der Waals surface area contributed by atoms with Crippen molar-refractivity contribution in [2.24, 2.45) is 0 Å². The van der Waals surface area contributed by atoms with Gasteiger partial charge in [0.25, 0.3) is 5.69 Å². The van der Waals surface area contributed by atoms with Crippen molar-refractivity contribution >= 4 is 5.69 Å². The molecule has 1 aliphatic rings. The number of nitrogens with zero attached hydrogens (tertiary/aromatic N) is 4. The van der Waals surface area contributed by atoms with Crippen LogP contribution in [0.1, 0.15) is 31.6 Å². The summed E-state index contributed by atoms with van der Waals surface area (Å²) in [6, 6.07) is 6.74. The molecule has 0 spiro atoms. The zero-order valence-electron chi connectivity index (χ0n) is 10.6. The van der Waals surface area contributed by atoms with E-state index in [1.165, 1.54) is 12.1 Å². The van der Waals surface area contributed by atoms with Gasteiger partial charge in [-0.1, -0.05) is 0 Å². The van der Waals surface area contributed by atoms with Gasteiger partial charge in [0, 0.05) is 24.1 Å². The molecule has 19 heavy (non-hydrogen) atoms. The molecule has 0 fully saturated rings. The number of rotatable bonds is 2. The van der Waals surface area contributed by atoms with Crippen LogP contribution < -0.4 is 0 Å². The highest BCUT2D eigenvalue weighted by atomic mass is 16.6. The van der Waals surface area contributed by atoms with E-state index in [9.17, 15) is 10.1 Å². The maximum absolute atomic E-state index is 10.6. The Labute approximate surface area is 110 Å². The number of fused-ring (bicyclic) bond motifs is 1. The van der Waals surface area contributed by atoms with Gasteiger partial charge in [-0.3, -0.25) is 10.1 Å². The zero-order chi connectivity index (χ0) is 13.4. The molecule has 98 valence electrons. The van der Waals surface area contributed by atoms with E-state index in [0.29, 0.717) is 11.9 Å². The van der Waals surface area contributed by atoms with E-state index >= 15 is 0 Å². The Bertz CT molecular complexity index is 618. The van der Waals surface area contributed by atoms with Gasteiger partial charge >= 0.3 is 0 Å². The Morgan fingerprint density at radius 3 is 2.74 bits per heavy atom. The molecule has 0 saturated carbocycles. The summed E-state index contributed by atoms with van der Waals surface area (Å²) in [5, 5.41) is 15.1. The van der Waals surface area contributed by atoms with Gasteiger partial charge in [-0.25, -0.2) is 9.67 Å². The number of non-ortho nitro benzene ring substituents is 1. The second kappa shape index (κ2) is 4.46. The molecule has 1 aliphatic heterocycles. The van der Waals surface area contributed by atoms with Crippen LogP contribution in [-0.2, 0) is 6.42 Å². The van der Waals surface area contributed by atoms with Gasteiger partial charge in [-0.15, -0.1) is 0 Å². The summed E-state index contributed by atoms with van der Waals surface area (Å²) in [5.41, 5.74) is 0.904. The number of hydrogen-bond donors (Lipinski definition) is 0. The average molecular weight is 258 g/mol. The van der Waals surface area contributed by atoms with Crippen molar-refractivity contribution in [3.8, 4) is 11.4 Å². The van der Waals surface area contributed by atoms with Crippen LogP contribution in [0.2, 0.25) is 0 Å². The van der Waals surface area contributed by atoms with E-state index in [2.05, 4.69) is 17.0 Å². The molecule has 0 N–H and O–H groups in total. The number of nitro benzene ring substituents is 1. The summed E-state index contributed by atoms with van der Waals surface area (Å²) in [6.45, 7) is 2.14. The van der Waals surface area contributed by atoms with Crippen LogP contribution in [0.15, 0.2) is 24.3 Å². The highest BCUT2D eigenvalue weighted by Gasteiger charge is 2.20. The molecule has 6 nitrogen and oxygen atoms in total. The minimum absolute atomic E-state index is 0.0843. The van der Waals surface area contributed by atoms with Crippen LogP contribution in [0.4, 0.5) is 5.69 Å². The molecular formula is C13H14N4O2. The molecule has 1 unspecified atom stereocenters. The molecule has 1 aromatic heterocycles. The molecular weight excluding hydrogens is 244 g/mol. The van der Waals surface area contributed by atoms with Gasteiger partial charge in [-0.2, -0.15) is 5.10 Å². The monoisotopic (exact) mass is 258 g/mol. The molecule has 3 rings (SSSR count). The lowest BCUT2D eigenvalue weighted by Gasteiger charge is -2.18. The molecule has 0 aliphatic carbocycles. The smallest absolute Gasteiger partial charge is 0.258 e. The Morgan fingerprint density at radius 1 is 1.37 bits per heavy atom. The topological polar surface area (TPSA) is 73.8 Å². The van der Waals surface area contributed by atoms with Crippen molar-refractivity contribution in [2.75, 3.05) is 0 Å². The highest BCUT2D eigenvalue weighted by molar-refractivity contribution is 5.57. The van der Waals surface area contributed by atoms with E-state index in [0.717, 1.165) is 30.7 Å². The first-order chi connectivity index (χ1) is 9.15. The number of hydrogen-bond acceptors (Lipinski definition) is 4. The van der Waals surface area contributed by atoms with Gasteiger partial charge in [0.15, 0.2) is 5.82 Å². The highest BCUT2D eigenvalue weighted by Crippen LogP contribution is 2.26. The molecule has 0 saturated heterocycles. The fourth-order valence-corrected chi connectivity index (χ4v) is 2.41. The predicted molar refractivity (Wildman–Crippen MR) is 69.8 cm³/mol. The minimum atomic E-state index is -0.405. The van der Waals surface area contributed by atoms with Gasteiger partial charge in [0.1, 0.15) is 5.82 Å². The fourth-order valence-electron chi connectivity index (χ4n) is 2.41. The van der Waals surface area contributed by atoms with E-state index in [1.54, 1.807) is 12.1 Å². The molecule has 1 atom stereocenters. The number of nitro groups is 1. The zero-order valence-corrected chi connectivity index (χ0v) is 10.6. The fraction of sp³-hybridized carbons (Fsp3) is 0.385. The van der Waals surface area contributed by atoms with Crippen LogP contribution >= 0.6 is 0 Å². The van der Waals surface area contributed by atoms with Crippen molar-refractivity contribution < 1.29 is 4.92 Å². The van der Waals surface area contributed by atoms with E-state index in [-0.39, 0.29) is 5.69 Å². The molecule has 0 radical (unpaired) electrons. The summed E-state index contributed by atoms with van der Waals surface area (Å²) in [7, 11) is 0. The first-order valence-corrected chi connectivity index (χ1v) is 6.35. The lowest BCUT2D eigenvalue weighted by atomic mass is 10.1. The summed E-state index contributed by atoms with van der Waals surface area (Å²) in [4.78, 5) is 14.7. The first kappa shape index (κ1) is 11.8. The van der Waals surface area contributed by atoms with E-state index in [4.69, 9.17) is 0 Å². The SMILES string of the molecule is CC1CCCc2nc(-c3ccc([N+](=O)[O-])cc3)nn21. The second-order valence-corrected chi connectivity index (χ2v) is 4.84. The molecule has 1 aromatic carbocycles. The summed E-state index contributed by atoms with van der Waals surface area (Å²) in [6.07, 6.45) is 3.21. The van der Waals surface area contributed by atoms with Gasteiger partial charge in [0.2, 0.25) is 0 Å². The van der Waals surface area contributed by atoms with Crippen molar-refractivity contribution in [1.82, 2.24) is 14.8 Å². The predicted octanol–water partition coefficient (Wildman–Crippen LogP) is 2.75. The van der Waals surface area contributed by atoms with Gasteiger partial charge in [-0.05, 0) is 31.9 Å². The molecule has 2 heterocycles. The molecule has 2 aromatic rings. The van der Waals surface area contributed by atoms with Crippen molar-refractivity contribution in [3.63, 3.8) is 0 Å². The van der Waals surface area contributed by atoms with Crippen LogP contribution in [0.5, 0.6) is 0 Å². The normalized spacial score (nSPS) is 18.1. The van der Waals surface area contributed by atoms with Crippen molar-refractivity contribution in [2.45, 2.75) is 32.2 Å². The average Bonchev–Trinajstić information content (AvgIpc) is 2.84. The number of benzene rings is 1. The van der Waals surface area contributed by atoms with Crippen LogP contribution in [-0.4, -0.2) is 19.7 Å². The molecule has 0 bridgehead atoms. The lowest BCUT2D eigenvalue weighted by molar-refractivity contribution is -0.384. The third-order valence-electron chi connectivity index (χ3n) is 3.48. The van der Waals surface area contributed by atoms with Crippen LogP contribution in [0.3, 0.4) is 0 Å². The Kier molecular flexibility index (Phi) is 2.77. The summed E-state index contributed by atoms with van der Waals surface area (Å²) >= 11 is 0.